The highest BCUT2D eigenvalue weighted by Gasteiger charge is 2.20. The topological polar surface area (TPSA) is 8.29 Å². The van der Waals surface area contributed by atoms with Crippen molar-refractivity contribution >= 4 is 38.1 Å². The van der Waals surface area contributed by atoms with Crippen LogP contribution in [0.2, 0.25) is 0 Å². The van der Waals surface area contributed by atoms with Gasteiger partial charge in [-0.05, 0) is 36.4 Å². The van der Waals surface area contributed by atoms with Gasteiger partial charge in [0.15, 0.2) is 6.20 Å². The van der Waals surface area contributed by atoms with Crippen molar-refractivity contribution in [3.8, 4) is 0 Å². The standard InChI is InChI=1S/C20H17N2/c1-12-6-7-14-8-9-15-13(2)11-22-16-5-4-10-21(3)20(16)17(12)18(14)19(15)22/h4-11H,1-3H3/q+1. The third-order valence-electron chi connectivity index (χ3n) is 5.01. The van der Waals surface area contributed by atoms with E-state index >= 15 is 0 Å². The van der Waals surface area contributed by atoms with E-state index < -0.39 is 0 Å². The second-order valence-corrected chi connectivity index (χ2v) is 6.35. The Morgan fingerprint density at radius 3 is 2.59 bits per heavy atom. The number of hydrogen-bond donors (Lipinski definition) is 0. The molecular weight excluding hydrogens is 268 g/mol. The third-order valence-corrected chi connectivity index (χ3v) is 5.01. The van der Waals surface area contributed by atoms with Crippen molar-refractivity contribution in [2.75, 3.05) is 0 Å². The Morgan fingerprint density at radius 2 is 1.73 bits per heavy atom. The predicted octanol–water partition coefficient (Wildman–Crippen LogP) is 4.28. The number of rotatable bonds is 0. The minimum atomic E-state index is 1.28. The van der Waals surface area contributed by atoms with Gasteiger partial charge < -0.3 is 4.40 Å². The molecule has 0 saturated carbocycles. The number of pyridine rings is 2. The van der Waals surface area contributed by atoms with Gasteiger partial charge in [-0.1, -0.05) is 24.3 Å². The molecule has 0 amide bonds. The summed E-state index contributed by atoms with van der Waals surface area (Å²) in [7, 11) is 2.14. The zero-order chi connectivity index (χ0) is 15.0. The van der Waals surface area contributed by atoms with Crippen molar-refractivity contribution in [3.63, 3.8) is 0 Å². The zero-order valence-corrected chi connectivity index (χ0v) is 13.0. The van der Waals surface area contributed by atoms with Gasteiger partial charge in [0.05, 0.1) is 10.9 Å². The molecule has 0 aliphatic carbocycles. The highest BCUT2D eigenvalue weighted by atomic mass is 15.0. The summed E-state index contributed by atoms with van der Waals surface area (Å²) in [6.45, 7) is 4.42. The summed E-state index contributed by atoms with van der Waals surface area (Å²) in [5.41, 5.74) is 6.61. The SMILES string of the molecule is Cc1cn2c3ccc[n+](C)c3c3c(C)ccc4ccc1c2c43. The first kappa shape index (κ1) is 12.0. The molecule has 0 fully saturated rings. The van der Waals surface area contributed by atoms with Gasteiger partial charge in [-0.25, -0.2) is 0 Å². The van der Waals surface area contributed by atoms with Crippen LogP contribution in [0.3, 0.4) is 0 Å². The smallest absolute Gasteiger partial charge is 0.237 e. The van der Waals surface area contributed by atoms with Crippen molar-refractivity contribution in [2.24, 2.45) is 7.05 Å². The normalized spacial score (nSPS) is 12.3. The second kappa shape index (κ2) is 3.77. The summed E-state index contributed by atoms with van der Waals surface area (Å²) in [6, 6.07) is 13.4. The molecule has 0 radical (unpaired) electrons. The Hall–Kier alpha value is -2.61. The molecule has 3 heterocycles. The summed E-state index contributed by atoms with van der Waals surface area (Å²) in [5, 5.41) is 5.45. The predicted molar refractivity (Wildman–Crippen MR) is 91.8 cm³/mol. The van der Waals surface area contributed by atoms with E-state index in [1.165, 1.54) is 49.2 Å². The van der Waals surface area contributed by atoms with Gasteiger partial charge >= 0.3 is 0 Å². The maximum Gasteiger partial charge on any atom is 0.237 e. The zero-order valence-electron chi connectivity index (χ0n) is 13.0. The van der Waals surface area contributed by atoms with E-state index in [0.717, 1.165) is 0 Å². The van der Waals surface area contributed by atoms with E-state index in [-0.39, 0.29) is 0 Å². The number of benzene rings is 2. The molecule has 22 heavy (non-hydrogen) atoms. The monoisotopic (exact) mass is 285 g/mol. The first-order valence-electron chi connectivity index (χ1n) is 7.70. The average molecular weight is 285 g/mol. The van der Waals surface area contributed by atoms with Crippen LogP contribution in [0.5, 0.6) is 0 Å². The Morgan fingerprint density at radius 1 is 0.909 bits per heavy atom. The molecule has 0 unspecified atom stereocenters. The van der Waals surface area contributed by atoms with E-state index in [9.17, 15) is 0 Å². The average Bonchev–Trinajstić information content (AvgIpc) is 2.86. The molecule has 0 aliphatic heterocycles. The Bertz CT molecular complexity index is 1190. The quantitative estimate of drug-likeness (QED) is 0.228. The third kappa shape index (κ3) is 1.24. The van der Waals surface area contributed by atoms with Crippen LogP contribution in [0.25, 0.3) is 38.1 Å². The summed E-state index contributed by atoms with van der Waals surface area (Å²) in [6.07, 6.45) is 4.41. The van der Waals surface area contributed by atoms with Crippen molar-refractivity contribution in [3.05, 3.63) is 59.9 Å². The Labute approximate surface area is 128 Å². The van der Waals surface area contributed by atoms with Gasteiger partial charge in [-0.3, -0.25) is 0 Å². The molecule has 3 aromatic heterocycles. The molecule has 0 N–H and O–H groups in total. The fraction of sp³-hybridized carbons (Fsp3) is 0.150. The number of aromatic nitrogens is 2. The van der Waals surface area contributed by atoms with Crippen LogP contribution in [0.4, 0.5) is 0 Å². The van der Waals surface area contributed by atoms with Crippen molar-refractivity contribution < 1.29 is 4.57 Å². The lowest BCUT2D eigenvalue weighted by Gasteiger charge is -2.12. The maximum absolute atomic E-state index is 2.37. The summed E-state index contributed by atoms with van der Waals surface area (Å²) < 4.78 is 4.61. The van der Waals surface area contributed by atoms with Gasteiger partial charge in [0.25, 0.3) is 0 Å². The van der Waals surface area contributed by atoms with Gasteiger partial charge in [0.1, 0.15) is 12.6 Å². The Kier molecular flexibility index (Phi) is 2.06. The van der Waals surface area contributed by atoms with Crippen LogP contribution in [-0.2, 0) is 7.05 Å². The minimum absolute atomic E-state index is 1.28. The molecule has 2 aromatic carbocycles. The second-order valence-electron chi connectivity index (χ2n) is 6.35. The number of nitrogens with zero attached hydrogens (tertiary/aromatic N) is 2. The van der Waals surface area contributed by atoms with Gasteiger partial charge in [-0.15, -0.1) is 0 Å². The number of hydrogen-bond acceptors (Lipinski definition) is 0. The number of aryl methyl sites for hydroxylation is 3. The van der Waals surface area contributed by atoms with E-state index in [0.29, 0.717) is 0 Å². The fourth-order valence-corrected chi connectivity index (χ4v) is 3.99. The largest absolute Gasteiger partial charge is 0.310 e. The molecule has 0 spiro atoms. The molecule has 0 saturated heterocycles. The van der Waals surface area contributed by atoms with Crippen LogP contribution < -0.4 is 4.57 Å². The minimum Gasteiger partial charge on any atom is -0.310 e. The van der Waals surface area contributed by atoms with Gasteiger partial charge in [0, 0.05) is 23.0 Å². The molecule has 2 heteroatoms. The summed E-state index contributed by atoms with van der Waals surface area (Å²) >= 11 is 0. The number of fused-ring (bicyclic) bond motifs is 3. The van der Waals surface area contributed by atoms with Crippen molar-refractivity contribution in [1.29, 1.82) is 0 Å². The summed E-state index contributed by atoms with van der Waals surface area (Å²) in [4.78, 5) is 0. The Balaban J connectivity index is 2.34. The molecular formula is C20H17N2+. The van der Waals surface area contributed by atoms with Crippen molar-refractivity contribution in [1.82, 2.24) is 4.40 Å². The summed E-state index contributed by atoms with van der Waals surface area (Å²) in [5.74, 6) is 0. The fourth-order valence-electron chi connectivity index (χ4n) is 3.99. The lowest BCUT2D eigenvalue weighted by molar-refractivity contribution is -0.644. The molecule has 5 rings (SSSR count). The van der Waals surface area contributed by atoms with Crippen LogP contribution in [-0.4, -0.2) is 4.40 Å². The molecule has 5 aromatic rings. The van der Waals surface area contributed by atoms with Crippen molar-refractivity contribution in [2.45, 2.75) is 13.8 Å². The highest BCUT2D eigenvalue weighted by molar-refractivity contribution is 6.23. The van der Waals surface area contributed by atoms with E-state index in [1.54, 1.807) is 0 Å². The molecule has 106 valence electrons. The molecule has 0 atom stereocenters. The lowest BCUT2D eigenvalue weighted by Crippen LogP contribution is -2.28. The van der Waals surface area contributed by atoms with Gasteiger partial charge in [0.2, 0.25) is 5.52 Å². The van der Waals surface area contributed by atoms with Crippen LogP contribution >= 0.6 is 0 Å². The van der Waals surface area contributed by atoms with Gasteiger partial charge in [-0.2, -0.15) is 4.57 Å². The lowest BCUT2D eigenvalue weighted by atomic mass is 9.97. The van der Waals surface area contributed by atoms with Crippen LogP contribution in [0.1, 0.15) is 11.1 Å². The van der Waals surface area contributed by atoms with E-state index in [2.05, 4.69) is 78.7 Å². The van der Waals surface area contributed by atoms with Crippen LogP contribution in [0.15, 0.2) is 48.8 Å². The molecule has 0 aliphatic rings. The first-order chi connectivity index (χ1) is 10.7. The van der Waals surface area contributed by atoms with E-state index in [1.807, 2.05) is 0 Å². The highest BCUT2D eigenvalue weighted by Crippen LogP contribution is 2.38. The maximum atomic E-state index is 2.37. The first-order valence-corrected chi connectivity index (χ1v) is 7.70. The van der Waals surface area contributed by atoms with E-state index in [4.69, 9.17) is 0 Å². The molecule has 2 nitrogen and oxygen atoms in total. The van der Waals surface area contributed by atoms with Crippen LogP contribution in [0, 0.1) is 13.8 Å². The molecule has 0 bridgehead atoms.